The molecule has 4 aliphatic rings. The molecule has 1 aromatic carbocycles. The van der Waals surface area contributed by atoms with Gasteiger partial charge in [0.05, 0.1) is 41.0 Å². The minimum Gasteiger partial charge on any atom is -0.364 e. The standard InChI is InChI=1S/C30H37N9O2/c1-3-24-28-21(16-32-39(28)19-11-13-31-14-12-19)20-5-4-6-22(27(20)38(24)2)34-23-15-25(35-29(40)17-7-8-17)36-37-26(23)30(41)33-18-9-10-18/h4-6,15-19,24,31H,3,7-14H2,1-2H3,(H,33,41)(H2,34,35,36,40). The summed E-state index contributed by atoms with van der Waals surface area (Å²) in [4.78, 5) is 27.9. The Morgan fingerprint density at radius 1 is 1.02 bits per heavy atom. The summed E-state index contributed by atoms with van der Waals surface area (Å²) in [7, 11) is 2.13. The Bertz CT molecular complexity index is 1490. The van der Waals surface area contributed by atoms with Crippen LogP contribution in [0, 0.1) is 5.92 Å². The second-order valence-electron chi connectivity index (χ2n) is 11.7. The van der Waals surface area contributed by atoms with Crippen molar-refractivity contribution < 1.29 is 9.59 Å². The van der Waals surface area contributed by atoms with E-state index in [4.69, 9.17) is 5.10 Å². The van der Waals surface area contributed by atoms with Crippen LogP contribution in [0.5, 0.6) is 0 Å². The van der Waals surface area contributed by atoms with E-state index in [0.717, 1.165) is 80.5 Å². The monoisotopic (exact) mass is 555 g/mol. The van der Waals surface area contributed by atoms with E-state index in [1.807, 2.05) is 18.3 Å². The van der Waals surface area contributed by atoms with Gasteiger partial charge < -0.3 is 26.2 Å². The summed E-state index contributed by atoms with van der Waals surface area (Å²) in [5, 5.41) is 26.3. The first kappa shape index (κ1) is 25.9. The number of hydrogen-bond acceptors (Lipinski definition) is 8. The summed E-state index contributed by atoms with van der Waals surface area (Å²) < 4.78 is 2.27. The van der Waals surface area contributed by atoms with E-state index >= 15 is 0 Å². The van der Waals surface area contributed by atoms with Gasteiger partial charge in [-0.1, -0.05) is 19.1 Å². The van der Waals surface area contributed by atoms with E-state index in [9.17, 15) is 9.59 Å². The highest BCUT2D eigenvalue weighted by molar-refractivity contribution is 6.01. The summed E-state index contributed by atoms with van der Waals surface area (Å²) in [5.74, 6) is 0.0494. The summed E-state index contributed by atoms with van der Waals surface area (Å²) in [6.07, 6.45) is 8.82. The molecular formula is C30H37N9O2. The van der Waals surface area contributed by atoms with Crippen LogP contribution in [0.2, 0.25) is 0 Å². The number of rotatable bonds is 8. The average Bonchev–Trinajstić information content (AvgIpc) is 3.92. The first-order chi connectivity index (χ1) is 20.0. The number of hydrogen-bond donors (Lipinski definition) is 4. The highest BCUT2D eigenvalue weighted by atomic mass is 16.2. The lowest BCUT2D eigenvalue weighted by Gasteiger charge is -2.39. The summed E-state index contributed by atoms with van der Waals surface area (Å²) >= 11 is 0. The molecule has 2 saturated carbocycles. The molecule has 2 aromatic heterocycles. The predicted molar refractivity (Wildman–Crippen MR) is 157 cm³/mol. The fourth-order valence-electron chi connectivity index (χ4n) is 6.22. The van der Waals surface area contributed by atoms with Crippen molar-refractivity contribution in [3.8, 4) is 11.1 Å². The third-order valence-corrected chi connectivity index (χ3v) is 8.73. The zero-order chi connectivity index (χ0) is 28.1. The van der Waals surface area contributed by atoms with Gasteiger partial charge in [-0.25, -0.2) is 0 Å². The molecule has 2 aliphatic carbocycles. The van der Waals surface area contributed by atoms with E-state index < -0.39 is 0 Å². The van der Waals surface area contributed by atoms with Crippen molar-refractivity contribution >= 4 is 34.7 Å². The quantitative estimate of drug-likeness (QED) is 0.326. The number of benzene rings is 1. The van der Waals surface area contributed by atoms with Crippen LogP contribution in [-0.2, 0) is 4.79 Å². The van der Waals surface area contributed by atoms with Crippen molar-refractivity contribution in [3.05, 3.63) is 41.9 Å². The maximum absolute atomic E-state index is 13.2. The number of piperidine rings is 1. The van der Waals surface area contributed by atoms with Crippen LogP contribution in [0.25, 0.3) is 11.1 Å². The van der Waals surface area contributed by atoms with Crippen molar-refractivity contribution in [1.29, 1.82) is 0 Å². The fourth-order valence-corrected chi connectivity index (χ4v) is 6.22. The minimum absolute atomic E-state index is 0.0341. The van der Waals surface area contributed by atoms with Gasteiger partial charge in [0.2, 0.25) is 5.91 Å². The van der Waals surface area contributed by atoms with Crippen LogP contribution in [0.1, 0.15) is 80.1 Å². The topological polar surface area (TPSA) is 129 Å². The number of fused-ring (bicyclic) bond motifs is 3. The molecular weight excluding hydrogens is 518 g/mol. The Balaban J connectivity index is 1.27. The zero-order valence-corrected chi connectivity index (χ0v) is 23.6. The second kappa shape index (κ2) is 10.4. The molecule has 0 radical (unpaired) electrons. The summed E-state index contributed by atoms with van der Waals surface area (Å²) in [5.41, 5.74) is 6.16. The molecule has 2 aliphatic heterocycles. The molecule has 1 atom stereocenters. The van der Waals surface area contributed by atoms with E-state index in [1.54, 1.807) is 6.07 Å². The molecule has 41 heavy (non-hydrogen) atoms. The Kier molecular flexibility index (Phi) is 6.61. The van der Waals surface area contributed by atoms with Crippen molar-refractivity contribution in [3.63, 3.8) is 0 Å². The van der Waals surface area contributed by atoms with Crippen LogP contribution in [-0.4, -0.2) is 58.0 Å². The fraction of sp³-hybridized carbons (Fsp3) is 0.500. The molecule has 11 nitrogen and oxygen atoms in total. The first-order valence-electron chi connectivity index (χ1n) is 14.9. The molecule has 0 bridgehead atoms. The number of nitrogens with zero attached hydrogens (tertiary/aromatic N) is 5. The molecule has 3 aromatic rings. The Labute approximate surface area is 239 Å². The van der Waals surface area contributed by atoms with Crippen LogP contribution in [0.15, 0.2) is 30.5 Å². The Morgan fingerprint density at radius 2 is 1.83 bits per heavy atom. The summed E-state index contributed by atoms with van der Waals surface area (Å²) in [6, 6.07) is 8.64. The van der Waals surface area contributed by atoms with E-state index in [0.29, 0.717) is 17.5 Å². The first-order valence-corrected chi connectivity index (χ1v) is 14.9. The molecule has 3 fully saturated rings. The van der Waals surface area contributed by atoms with Crippen LogP contribution >= 0.6 is 0 Å². The highest BCUT2D eigenvalue weighted by Crippen LogP contribution is 2.50. The van der Waals surface area contributed by atoms with Gasteiger partial charge in [0.1, 0.15) is 0 Å². The van der Waals surface area contributed by atoms with Crippen LogP contribution in [0.4, 0.5) is 22.9 Å². The van der Waals surface area contributed by atoms with Crippen LogP contribution in [0.3, 0.4) is 0 Å². The van der Waals surface area contributed by atoms with E-state index in [-0.39, 0.29) is 35.5 Å². The SMILES string of the molecule is CCC1c2c(cnn2C2CCNCC2)-c2cccc(Nc3cc(NC(=O)C4CC4)nnc3C(=O)NC3CC3)c2N1C. The van der Waals surface area contributed by atoms with Gasteiger partial charge in [-0.2, -0.15) is 5.10 Å². The van der Waals surface area contributed by atoms with Crippen molar-refractivity contribution in [2.45, 2.75) is 70.0 Å². The van der Waals surface area contributed by atoms with Gasteiger partial charge in [-0.05, 0) is 64.1 Å². The van der Waals surface area contributed by atoms with Gasteiger partial charge >= 0.3 is 0 Å². The molecule has 11 heteroatoms. The van der Waals surface area contributed by atoms with Crippen molar-refractivity contribution in [1.82, 2.24) is 30.6 Å². The minimum atomic E-state index is -0.266. The zero-order valence-electron chi connectivity index (χ0n) is 23.6. The molecule has 1 saturated heterocycles. The smallest absolute Gasteiger partial charge is 0.274 e. The van der Waals surface area contributed by atoms with Gasteiger partial charge in [0.15, 0.2) is 11.5 Å². The molecule has 1 unspecified atom stereocenters. The molecule has 4 heterocycles. The lowest BCUT2D eigenvalue weighted by atomic mass is 9.91. The van der Waals surface area contributed by atoms with E-state index in [2.05, 4.69) is 61.1 Å². The third-order valence-electron chi connectivity index (χ3n) is 8.73. The van der Waals surface area contributed by atoms with Crippen LogP contribution < -0.4 is 26.2 Å². The Hall–Kier alpha value is -3.99. The van der Waals surface area contributed by atoms with E-state index in [1.165, 1.54) is 5.69 Å². The number of carbonyl (C=O) groups excluding carboxylic acids is 2. The molecule has 7 rings (SSSR count). The van der Waals surface area contributed by atoms with Crippen molar-refractivity contribution in [2.75, 3.05) is 35.7 Å². The predicted octanol–water partition coefficient (Wildman–Crippen LogP) is 4.15. The van der Waals surface area contributed by atoms with Gasteiger partial charge in [-0.3, -0.25) is 14.3 Å². The number of amides is 2. The Morgan fingerprint density at radius 3 is 2.56 bits per heavy atom. The highest BCUT2D eigenvalue weighted by Gasteiger charge is 2.36. The van der Waals surface area contributed by atoms with Gasteiger partial charge in [-0.15, -0.1) is 10.2 Å². The lowest BCUT2D eigenvalue weighted by Crippen LogP contribution is -2.34. The lowest BCUT2D eigenvalue weighted by molar-refractivity contribution is -0.117. The molecule has 214 valence electrons. The third kappa shape index (κ3) is 4.92. The largest absolute Gasteiger partial charge is 0.364 e. The number of anilines is 4. The molecule has 2 amide bonds. The maximum atomic E-state index is 13.2. The van der Waals surface area contributed by atoms with Gasteiger partial charge in [0, 0.05) is 36.2 Å². The number of carbonyl (C=O) groups is 2. The second-order valence-corrected chi connectivity index (χ2v) is 11.7. The molecule has 0 spiro atoms. The number of aromatic nitrogens is 4. The summed E-state index contributed by atoms with van der Waals surface area (Å²) in [6.45, 7) is 4.24. The number of para-hydroxylation sites is 1. The average molecular weight is 556 g/mol. The normalized spacial score (nSPS) is 20.2. The van der Waals surface area contributed by atoms with Crippen molar-refractivity contribution in [2.24, 2.45) is 5.92 Å². The maximum Gasteiger partial charge on any atom is 0.274 e. The molecule has 4 N–H and O–H groups in total. The van der Waals surface area contributed by atoms with Gasteiger partial charge in [0.25, 0.3) is 5.91 Å². The number of nitrogens with one attached hydrogen (secondary N) is 4.